The van der Waals surface area contributed by atoms with Crippen LogP contribution in [0.3, 0.4) is 0 Å². The molecule has 1 aliphatic heterocycles. The Hall–Kier alpha value is -1.42. The summed E-state index contributed by atoms with van der Waals surface area (Å²) in [5, 5.41) is 3.47. The fourth-order valence-electron chi connectivity index (χ4n) is 2.49. The molecule has 0 aliphatic carbocycles. The Labute approximate surface area is 115 Å². The van der Waals surface area contributed by atoms with E-state index in [1.54, 1.807) is 6.20 Å². The van der Waals surface area contributed by atoms with Crippen LogP contribution in [0.4, 0.5) is 0 Å². The molecule has 0 bridgehead atoms. The highest BCUT2D eigenvalue weighted by molar-refractivity contribution is 5.78. The Bertz CT molecular complexity index is 427. The molecule has 1 aromatic rings. The number of carbonyl (C=O) groups is 1. The van der Waals surface area contributed by atoms with E-state index >= 15 is 0 Å². The lowest BCUT2D eigenvalue weighted by Crippen LogP contribution is -2.44. The molecular formula is C15H23N3O. The quantitative estimate of drug-likeness (QED) is 0.894. The lowest BCUT2D eigenvalue weighted by Gasteiger charge is -2.28. The van der Waals surface area contributed by atoms with E-state index in [1.807, 2.05) is 31.0 Å². The normalized spacial score (nSPS) is 19.2. The summed E-state index contributed by atoms with van der Waals surface area (Å²) in [6, 6.07) is 4.35. The third-order valence-electron chi connectivity index (χ3n) is 3.77. The Balaban J connectivity index is 1.87. The van der Waals surface area contributed by atoms with Crippen molar-refractivity contribution in [2.45, 2.75) is 38.6 Å². The van der Waals surface area contributed by atoms with Gasteiger partial charge in [-0.1, -0.05) is 12.5 Å². The van der Waals surface area contributed by atoms with Gasteiger partial charge in [-0.3, -0.25) is 9.78 Å². The summed E-state index contributed by atoms with van der Waals surface area (Å²) in [7, 11) is 1.89. The maximum absolute atomic E-state index is 12.2. The van der Waals surface area contributed by atoms with Gasteiger partial charge in [0.2, 0.25) is 5.91 Å². The zero-order valence-corrected chi connectivity index (χ0v) is 11.9. The lowest BCUT2D eigenvalue weighted by molar-refractivity contribution is -0.129. The topological polar surface area (TPSA) is 45.2 Å². The first-order valence-electron chi connectivity index (χ1n) is 7.04. The third kappa shape index (κ3) is 4.03. The molecule has 1 atom stereocenters. The SMILES string of the molecule is Cc1cccnc1CC(=O)N(C)CC1CCCCN1. The minimum atomic E-state index is 0.147. The molecule has 0 radical (unpaired) electrons. The molecule has 1 fully saturated rings. The van der Waals surface area contributed by atoms with Crippen LogP contribution < -0.4 is 5.32 Å². The molecular weight excluding hydrogens is 238 g/mol. The van der Waals surface area contributed by atoms with Crippen LogP contribution in [0.5, 0.6) is 0 Å². The number of rotatable bonds is 4. The molecule has 1 aliphatic rings. The second kappa shape index (κ2) is 6.66. The van der Waals surface area contributed by atoms with Gasteiger partial charge >= 0.3 is 0 Å². The van der Waals surface area contributed by atoms with Crippen molar-refractivity contribution in [1.29, 1.82) is 0 Å². The first-order chi connectivity index (χ1) is 9.16. The summed E-state index contributed by atoms with van der Waals surface area (Å²) in [6.45, 7) is 3.87. The number of nitrogens with one attached hydrogen (secondary N) is 1. The van der Waals surface area contributed by atoms with Crippen LogP contribution in [-0.2, 0) is 11.2 Å². The van der Waals surface area contributed by atoms with Crippen molar-refractivity contribution in [2.75, 3.05) is 20.1 Å². The fourth-order valence-corrected chi connectivity index (χ4v) is 2.49. The van der Waals surface area contributed by atoms with Gasteiger partial charge in [0.05, 0.1) is 12.1 Å². The van der Waals surface area contributed by atoms with E-state index in [2.05, 4.69) is 10.3 Å². The number of aromatic nitrogens is 1. The van der Waals surface area contributed by atoms with Gasteiger partial charge in [0, 0.05) is 25.8 Å². The molecule has 0 aromatic carbocycles. The van der Waals surface area contributed by atoms with Crippen molar-refractivity contribution in [3.63, 3.8) is 0 Å². The number of amides is 1. The minimum absolute atomic E-state index is 0.147. The van der Waals surface area contributed by atoms with Crippen LogP contribution in [0.25, 0.3) is 0 Å². The van der Waals surface area contributed by atoms with Gasteiger partial charge in [0.1, 0.15) is 0 Å². The maximum atomic E-state index is 12.2. The van der Waals surface area contributed by atoms with Crippen molar-refractivity contribution in [3.05, 3.63) is 29.6 Å². The monoisotopic (exact) mass is 261 g/mol. The standard InChI is InChI=1S/C15H23N3O/c1-12-6-5-9-17-14(12)10-15(19)18(2)11-13-7-3-4-8-16-13/h5-6,9,13,16H,3-4,7-8,10-11H2,1-2H3. The largest absolute Gasteiger partial charge is 0.344 e. The molecule has 1 unspecified atom stereocenters. The summed E-state index contributed by atoms with van der Waals surface area (Å²) >= 11 is 0. The van der Waals surface area contributed by atoms with Gasteiger partial charge in [-0.05, 0) is 37.9 Å². The van der Waals surface area contributed by atoms with E-state index in [0.29, 0.717) is 12.5 Å². The summed E-state index contributed by atoms with van der Waals surface area (Å²) in [5.74, 6) is 0.147. The van der Waals surface area contributed by atoms with Crippen LogP contribution in [0, 0.1) is 6.92 Å². The number of aryl methyl sites for hydroxylation is 1. The van der Waals surface area contributed by atoms with Crippen molar-refractivity contribution < 1.29 is 4.79 Å². The Morgan fingerprint density at radius 2 is 2.37 bits per heavy atom. The average Bonchev–Trinajstić information content (AvgIpc) is 2.42. The van der Waals surface area contributed by atoms with Crippen LogP contribution in [0.15, 0.2) is 18.3 Å². The van der Waals surface area contributed by atoms with Gasteiger partial charge in [0.25, 0.3) is 0 Å². The van der Waals surface area contributed by atoms with E-state index in [-0.39, 0.29) is 5.91 Å². The number of carbonyl (C=O) groups excluding carboxylic acids is 1. The Morgan fingerprint density at radius 1 is 1.53 bits per heavy atom. The van der Waals surface area contributed by atoms with Crippen LogP contribution >= 0.6 is 0 Å². The maximum Gasteiger partial charge on any atom is 0.228 e. The first-order valence-corrected chi connectivity index (χ1v) is 7.04. The van der Waals surface area contributed by atoms with Crippen molar-refractivity contribution in [1.82, 2.24) is 15.2 Å². The smallest absolute Gasteiger partial charge is 0.228 e. The number of hydrogen-bond donors (Lipinski definition) is 1. The molecule has 2 rings (SSSR count). The van der Waals surface area contributed by atoms with Crippen LogP contribution in [0.1, 0.15) is 30.5 Å². The van der Waals surface area contributed by atoms with Crippen molar-refractivity contribution in [3.8, 4) is 0 Å². The van der Waals surface area contributed by atoms with Gasteiger partial charge < -0.3 is 10.2 Å². The highest BCUT2D eigenvalue weighted by atomic mass is 16.2. The predicted octanol–water partition coefficient (Wildman–Crippen LogP) is 1.53. The highest BCUT2D eigenvalue weighted by Crippen LogP contribution is 2.10. The van der Waals surface area contributed by atoms with Gasteiger partial charge in [-0.25, -0.2) is 0 Å². The molecule has 2 heterocycles. The molecule has 0 spiro atoms. The number of piperidine rings is 1. The molecule has 0 saturated carbocycles. The predicted molar refractivity (Wildman–Crippen MR) is 76.0 cm³/mol. The second-order valence-electron chi connectivity index (χ2n) is 5.36. The van der Waals surface area contributed by atoms with E-state index in [9.17, 15) is 4.79 Å². The Kier molecular flexibility index (Phi) is 4.91. The fraction of sp³-hybridized carbons (Fsp3) is 0.600. The number of pyridine rings is 1. The number of nitrogens with zero attached hydrogens (tertiary/aromatic N) is 2. The van der Waals surface area contributed by atoms with Crippen LogP contribution in [0.2, 0.25) is 0 Å². The molecule has 1 aromatic heterocycles. The average molecular weight is 261 g/mol. The molecule has 19 heavy (non-hydrogen) atoms. The summed E-state index contributed by atoms with van der Waals surface area (Å²) in [5.41, 5.74) is 1.97. The summed E-state index contributed by atoms with van der Waals surface area (Å²) in [4.78, 5) is 18.3. The van der Waals surface area contributed by atoms with E-state index in [1.165, 1.54) is 19.3 Å². The summed E-state index contributed by atoms with van der Waals surface area (Å²) < 4.78 is 0. The molecule has 1 saturated heterocycles. The first kappa shape index (κ1) is 14.0. The second-order valence-corrected chi connectivity index (χ2v) is 5.36. The van der Waals surface area contributed by atoms with Crippen LogP contribution in [-0.4, -0.2) is 42.0 Å². The summed E-state index contributed by atoms with van der Waals surface area (Å²) in [6.07, 6.45) is 5.83. The van der Waals surface area contributed by atoms with E-state index in [4.69, 9.17) is 0 Å². The molecule has 1 amide bonds. The number of likely N-dealkylation sites (N-methyl/N-ethyl adjacent to an activating group) is 1. The Morgan fingerprint density at radius 3 is 3.05 bits per heavy atom. The number of hydrogen-bond acceptors (Lipinski definition) is 3. The van der Waals surface area contributed by atoms with Crippen molar-refractivity contribution in [2.24, 2.45) is 0 Å². The zero-order chi connectivity index (χ0) is 13.7. The zero-order valence-electron chi connectivity index (χ0n) is 11.9. The molecule has 4 heteroatoms. The van der Waals surface area contributed by atoms with Gasteiger partial charge in [0.15, 0.2) is 0 Å². The minimum Gasteiger partial charge on any atom is -0.344 e. The third-order valence-corrected chi connectivity index (χ3v) is 3.77. The highest BCUT2D eigenvalue weighted by Gasteiger charge is 2.18. The lowest BCUT2D eigenvalue weighted by atomic mass is 10.0. The molecule has 4 nitrogen and oxygen atoms in total. The van der Waals surface area contributed by atoms with Gasteiger partial charge in [-0.15, -0.1) is 0 Å². The van der Waals surface area contributed by atoms with E-state index < -0.39 is 0 Å². The van der Waals surface area contributed by atoms with Crippen molar-refractivity contribution >= 4 is 5.91 Å². The van der Waals surface area contributed by atoms with Gasteiger partial charge in [-0.2, -0.15) is 0 Å². The van der Waals surface area contributed by atoms with E-state index in [0.717, 1.165) is 24.3 Å². The molecule has 104 valence electrons. The molecule has 1 N–H and O–H groups in total.